The van der Waals surface area contributed by atoms with Crippen molar-refractivity contribution in [3.05, 3.63) is 106 Å². The lowest BCUT2D eigenvalue weighted by atomic mass is 10.0. The summed E-state index contributed by atoms with van der Waals surface area (Å²) < 4.78 is 5.33. The number of hydrogen-bond donors (Lipinski definition) is 0. The number of allylic oxidation sites excluding steroid dienone is 1. The minimum atomic E-state index is -0.371. The number of carbonyl (C=O) groups is 2. The number of carbonyl (C=O) groups excluding carboxylic acids is 2. The molecule has 0 saturated carbocycles. The monoisotopic (exact) mass is 384 g/mol. The molecule has 0 aliphatic carbocycles. The molecule has 0 unspecified atom stereocenters. The molecule has 0 fully saturated rings. The maximum absolute atomic E-state index is 12.5. The molecule has 4 heteroatoms. The molecule has 0 N–H and O–H groups in total. The van der Waals surface area contributed by atoms with Crippen molar-refractivity contribution in [2.45, 2.75) is 0 Å². The number of ether oxygens (including phenoxy) is 1. The average molecular weight is 384 g/mol. The standard InChI is InChI=1S/C24H16O3S/c25-22(20-11-10-18-4-1-2-5-19(18)16-20)14-9-17-7-12-21(13-8-17)27-24(26)23-6-3-15-28-23/h1-16H/b14-9+. The fraction of sp³-hybridized carbons (Fsp3) is 0. The summed E-state index contributed by atoms with van der Waals surface area (Å²) in [5, 5.41) is 3.98. The van der Waals surface area contributed by atoms with Gasteiger partial charge in [-0.25, -0.2) is 4.79 Å². The third kappa shape index (κ3) is 4.08. The van der Waals surface area contributed by atoms with Gasteiger partial charge >= 0.3 is 5.97 Å². The molecule has 0 aliphatic rings. The van der Waals surface area contributed by atoms with E-state index in [1.165, 1.54) is 11.3 Å². The Morgan fingerprint density at radius 2 is 1.61 bits per heavy atom. The summed E-state index contributed by atoms with van der Waals surface area (Å²) in [6.07, 6.45) is 3.30. The lowest BCUT2D eigenvalue weighted by Gasteiger charge is -2.03. The van der Waals surface area contributed by atoms with Gasteiger partial charge in [0.1, 0.15) is 10.6 Å². The van der Waals surface area contributed by atoms with Crippen LogP contribution in [0.1, 0.15) is 25.6 Å². The molecule has 3 nitrogen and oxygen atoms in total. The van der Waals surface area contributed by atoms with Crippen molar-refractivity contribution < 1.29 is 14.3 Å². The highest BCUT2D eigenvalue weighted by molar-refractivity contribution is 7.12. The van der Waals surface area contributed by atoms with Crippen LogP contribution in [0.2, 0.25) is 0 Å². The molecule has 4 aromatic rings. The van der Waals surface area contributed by atoms with Crippen molar-refractivity contribution >= 4 is 39.9 Å². The van der Waals surface area contributed by atoms with E-state index in [0.717, 1.165) is 16.3 Å². The molecule has 0 spiro atoms. The molecular formula is C24H16O3S. The summed E-state index contributed by atoms with van der Waals surface area (Å²) in [4.78, 5) is 25.0. The van der Waals surface area contributed by atoms with Crippen molar-refractivity contribution in [1.82, 2.24) is 0 Å². The Morgan fingerprint density at radius 1 is 0.821 bits per heavy atom. The first-order chi connectivity index (χ1) is 13.7. The van der Waals surface area contributed by atoms with Crippen LogP contribution in [0.5, 0.6) is 5.75 Å². The number of esters is 1. The van der Waals surface area contributed by atoms with Gasteiger partial charge in [-0.3, -0.25) is 4.79 Å². The zero-order valence-corrected chi connectivity index (χ0v) is 15.7. The number of ketones is 1. The van der Waals surface area contributed by atoms with Gasteiger partial charge in [-0.1, -0.05) is 60.7 Å². The fourth-order valence-corrected chi connectivity index (χ4v) is 3.41. The Morgan fingerprint density at radius 3 is 2.36 bits per heavy atom. The molecule has 28 heavy (non-hydrogen) atoms. The van der Waals surface area contributed by atoms with Gasteiger partial charge in [0.15, 0.2) is 5.78 Å². The van der Waals surface area contributed by atoms with Crippen LogP contribution < -0.4 is 4.74 Å². The van der Waals surface area contributed by atoms with E-state index in [1.54, 1.807) is 42.5 Å². The average Bonchev–Trinajstić information content (AvgIpc) is 3.28. The number of rotatable bonds is 5. The van der Waals surface area contributed by atoms with Gasteiger partial charge in [0.2, 0.25) is 0 Å². The van der Waals surface area contributed by atoms with E-state index in [-0.39, 0.29) is 11.8 Å². The Hall–Kier alpha value is -3.50. The quantitative estimate of drug-likeness (QED) is 0.183. The van der Waals surface area contributed by atoms with Gasteiger partial charge in [-0.05, 0) is 52.1 Å². The largest absolute Gasteiger partial charge is 0.422 e. The predicted octanol–water partition coefficient (Wildman–Crippen LogP) is 6.02. The SMILES string of the molecule is O=C(/C=C/c1ccc(OC(=O)c2cccs2)cc1)c1ccc2ccccc2c1. The highest BCUT2D eigenvalue weighted by Crippen LogP contribution is 2.19. The van der Waals surface area contributed by atoms with Crippen LogP contribution in [0, 0.1) is 0 Å². The molecule has 1 heterocycles. The summed E-state index contributed by atoms with van der Waals surface area (Å²) in [5.74, 6) is 0.0418. The molecular weight excluding hydrogens is 368 g/mol. The maximum Gasteiger partial charge on any atom is 0.353 e. The van der Waals surface area contributed by atoms with Crippen LogP contribution in [0.25, 0.3) is 16.8 Å². The van der Waals surface area contributed by atoms with Crippen molar-refractivity contribution in [3.8, 4) is 5.75 Å². The maximum atomic E-state index is 12.5. The van der Waals surface area contributed by atoms with Crippen molar-refractivity contribution in [1.29, 1.82) is 0 Å². The van der Waals surface area contributed by atoms with Gasteiger partial charge in [0, 0.05) is 5.56 Å². The van der Waals surface area contributed by atoms with Crippen molar-refractivity contribution in [2.24, 2.45) is 0 Å². The molecule has 0 amide bonds. The Balaban J connectivity index is 1.43. The second-order valence-electron chi connectivity index (χ2n) is 6.20. The van der Waals surface area contributed by atoms with Gasteiger partial charge < -0.3 is 4.74 Å². The normalized spacial score (nSPS) is 11.0. The first kappa shape index (κ1) is 17.9. The predicted molar refractivity (Wildman–Crippen MR) is 113 cm³/mol. The zero-order valence-electron chi connectivity index (χ0n) is 14.9. The summed E-state index contributed by atoms with van der Waals surface area (Å²) in [6, 6.07) is 24.2. The Bertz CT molecular complexity index is 1160. The van der Waals surface area contributed by atoms with Crippen LogP contribution in [0.15, 0.2) is 90.3 Å². The van der Waals surface area contributed by atoms with E-state index in [0.29, 0.717) is 16.2 Å². The number of benzene rings is 3. The molecule has 1 aromatic heterocycles. The van der Waals surface area contributed by atoms with Gasteiger partial charge in [0.25, 0.3) is 0 Å². The van der Waals surface area contributed by atoms with E-state index in [9.17, 15) is 9.59 Å². The number of thiophene rings is 1. The molecule has 0 radical (unpaired) electrons. The minimum Gasteiger partial charge on any atom is -0.422 e. The van der Waals surface area contributed by atoms with Crippen LogP contribution in [0.3, 0.4) is 0 Å². The third-order valence-electron chi connectivity index (χ3n) is 4.27. The summed E-state index contributed by atoms with van der Waals surface area (Å²) in [7, 11) is 0. The first-order valence-corrected chi connectivity index (χ1v) is 9.64. The second-order valence-corrected chi connectivity index (χ2v) is 7.14. The summed E-state index contributed by atoms with van der Waals surface area (Å²) in [5.41, 5.74) is 1.50. The first-order valence-electron chi connectivity index (χ1n) is 8.76. The van der Waals surface area contributed by atoms with Crippen LogP contribution in [0.4, 0.5) is 0 Å². The van der Waals surface area contributed by atoms with E-state index in [4.69, 9.17) is 4.74 Å². The highest BCUT2D eigenvalue weighted by atomic mass is 32.1. The van der Waals surface area contributed by atoms with E-state index >= 15 is 0 Å². The highest BCUT2D eigenvalue weighted by Gasteiger charge is 2.09. The Labute approximate surface area is 166 Å². The van der Waals surface area contributed by atoms with Crippen LogP contribution >= 0.6 is 11.3 Å². The van der Waals surface area contributed by atoms with Crippen molar-refractivity contribution in [3.63, 3.8) is 0 Å². The molecule has 0 aliphatic heterocycles. The third-order valence-corrected chi connectivity index (χ3v) is 5.12. The lowest BCUT2D eigenvalue weighted by Crippen LogP contribution is -2.05. The summed E-state index contributed by atoms with van der Waals surface area (Å²) >= 11 is 1.34. The fourth-order valence-electron chi connectivity index (χ4n) is 2.81. The van der Waals surface area contributed by atoms with E-state index in [1.807, 2.05) is 53.9 Å². The molecule has 3 aromatic carbocycles. The van der Waals surface area contributed by atoms with Crippen LogP contribution in [-0.2, 0) is 0 Å². The topological polar surface area (TPSA) is 43.4 Å². The lowest BCUT2D eigenvalue weighted by molar-refractivity contribution is 0.0739. The van der Waals surface area contributed by atoms with Gasteiger partial charge in [0.05, 0.1) is 0 Å². The summed E-state index contributed by atoms with van der Waals surface area (Å²) in [6.45, 7) is 0. The number of fused-ring (bicyclic) bond motifs is 1. The minimum absolute atomic E-state index is 0.0565. The van der Waals surface area contributed by atoms with Crippen LogP contribution in [-0.4, -0.2) is 11.8 Å². The molecule has 0 saturated heterocycles. The smallest absolute Gasteiger partial charge is 0.353 e. The molecule has 0 atom stereocenters. The molecule has 136 valence electrons. The Kier molecular flexibility index (Phi) is 5.13. The molecule has 0 bridgehead atoms. The van der Waals surface area contributed by atoms with Gasteiger partial charge in [-0.2, -0.15) is 0 Å². The van der Waals surface area contributed by atoms with E-state index in [2.05, 4.69) is 0 Å². The van der Waals surface area contributed by atoms with E-state index < -0.39 is 0 Å². The second kappa shape index (κ2) is 8.03. The zero-order chi connectivity index (χ0) is 19.3. The molecule has 4 rings (SSSR count). The van der Waals surface area contributed by atoms with Gasteiger partial charge in [-0.15, -0.1) is 11.3 Å². The van der Waals surface area contributed by atoms with Crippen molar-refractivity contribution in [2.75, 3.05) is 0 Å². The number of hydrogen-bond acceptors (Lipinski definition) is 4.